The molecule has 1 saturated carbocycles. The number of thiazole rings is 1. The molecule has 2 aromatic heterocycles. The van der Waals surface area contributed by atoms with Crippen LogP contribution in [0.2, 0.25) is 5.02 Å². The van der Waals surface area contributed by atoms with Crippen molar-refractivity contribution >= 4 is 34.0 Å². The Morgan fingerprint density at radius 2 is 2.03 bits per heavy atom. The molecule has 3 heterocycles. The second-order valence-electron chi connectivity index (χ2n) is 10.1. The van der Waals surface area contributed by atoms with E-state index in [1.807, 2.05) is 30.5 Å². The van der Waals surface area contributed by atoms with E-state index in [9.17, 15) is 9.18 Å². The number of aromatic nitrogens is 2. The van der Waals surface area contributed by atoms with Crippen molar-refractivity contribution in [1.29, 1.82) is 0 Å². The van der Waals surface area contributed by atoms with Gasteiger partial charge >= 0.3 is 5.97 Å². The molecule has 2 fully saturated rings. The molecule has 10 heteroatoms. The van der Waals surface area contributed by atoms with Crippen molar-refractivity contribution in [3.05, 3.63) is 75.1 Å². The highest BCUT2D eigenvalue weighted by atomic mass is 35.5. The molecule has 0 spiro atoms. The fourth-order valence-electron chi connectivity index (χ4n) is 5.06. The minimum Gasteiger partial charge on any atom is -0.478 e. The van der Waals surface area contributed by atoms with E-state index >= 15 is 0 Å². The second kappa shape index (κ2) is 10.7. The quantitative estimate of drug-likeness (QED) is 0.238. The Bertz CT molecular complexity index is 1500. The van der Waals surface area contributed by atoms with E-state index in [2.05, 4.69) is 15.0 Å². The number of hydrogen-bond donors (Lipinski definition) is 1. The normalized spacial score (nSPS) is 16.1. The Balaban J connectivity index is 1.11. The average Bonchev–Trinajstić information content (AvgIpc) is 3.49. The molecule has 1 aliphatic heterocycles. The van der Waals surface area contributed by atoms with Gasteiger partial charge in [-0.15, -0.1) is 11.3 Å². The van der Waals surface area contributed by atoms with Crippen LogP contribution in [-0.2, 0) is 11.3 Å². The number of benzene rings is 2. The maximum atomic E-state index is 14.2. The number of carboxylic acids is 1. The number of ether oxygens (including phenoxy) is 1. The minimum absolute atomic E-state index is 0.0977. The van der Waals surface area contributed by atoms with Crippen LogP contribution in [-0.4, -0.2) is 40.4 Å². The molecule has 39 heavy (non-hydrogen) atoms. The van der Waals surface area contributed by atoms with Crippen LogP contribution in [0.5, 0.6) is 0 Å². The molecule has 4 aromatic rings. The summed E-state index contributed by atoms with van der Waals surface area (Å²) < 4.78 is 26.4. The molecule has 1 aliphatic carbocycles. The van der Waals surface area contributed by atoms with Gasteiger partial charge in [0.25, 0.3) is 0 Å². The van der Waals surface area contributed by atoms with Crippen molar-refractivity contribution in [2.24, 2.45) is 0 Å². The summed E-state index contributed by atoms with van der Waals surface area (Å²) in [7, 11) is 0. The highest BCUT2D eigenvalue weighted by Crippen LogP contribution is 2.45. The summed E-state index contributed by atoms with van der Waals surface area (Å²) in [5, 5.41) is 16.9. The molecule has 1 N–H and O–H groups in total. The fraction of sp³-hybridized carbons (Fsp3) is 0.345. The van der Waals surface area contributed by atoms with Gasteiger partial charge in [0.05, 0.1) is 29.0 Å². The largest absolute Gasteiger partial charge is 0.478 e. The molecule has 0 atom stereocenters. The topological polar surface area (TPSA) is 88.7 Å². The van der Waals surface area contributed by atoms with Gasteiger partial charge in [-0.3, -0.25) is 0 Å². The predicted molar refractivity (Wildman–Crippen MR) is 148 cm³/mol. The van der Waals surface area contributed by atoms with Crippen LogP contribution >= 0.6 is 22.9 Å². The Labute approximate surface area is 234 Å². The highest BCUT2D eigenvalue weighted by molar-refractivity contribution is 7.14. The molecule has 2 aromatic carbocycles. The lowest BCUT2D eigenvalue weighted by atomic mass is 10.0. The van der Waals surface area contributed by atoms with Crippen LogP contribution in [0.15, 0.2) is 46.3 Å². The fourth-order valence-corrected chi connectivity index (χ4v) is 6.26. The van der Waals surface area contributed by atoms with Crippen molar-refractivity contribution in [3.63, 3.8) is 0 Å². The maximum absolute atomic E-state index is 14.2. The Hall–Kier alpha value is -3.27. The van der Waals surface area contributed by atoms with Gasteiger partial charge < -0.3 is 19.3 Å². The van der Waals surface area contributed by atoms with Crippen molar-refractivity contribution in [2.45, 2.75) is 51.2 Å². The number of hydrogen-bond acceptors (Lipinski definition) is 7. The lowest BCUT2D eigenvalue weighted by molar-refractivity contribution is 0.0246. The van der Waals surface area contributed by atoms with Crippen molar-refractivity contribution in [3.8, 4) is 22.5 Å². The van der Waals surface area contributed by atoms with Crippen molar-refractivity contribution in [2.75, 3.05) is 18.0 Å². The number of carbonyl (C=O) groups is 1. The maximum Gasteiger partial charge on any atom is 0.338 e. The monoisotopic (exact) mass is 567 g/mol. The van der Waals surface area contributed by atoms with Gasteiger partial charge in [-0.05, 0) is 56.4 Å². The van der Waals surface area contributed by atoms with E-state index < -0.39 is 11.8 Å². The van der Waals surface area contributed by atoms with E-state index in [1.54, 1.807) is 6.07 Å². The third-order valence-corrected chi connectivity index (χ3v) is 8.61. The van der Waals surface area contributed by atoms with Gasteiger partial charge in [-0.1, -0.05) is 35.0 Å². The number of aromatic carboxylic acids is 1. The van der Waals surface area contributed by atoms with Crippen LogP contribution in [0.25, 0.3) is 22.5 Å². The zero-order valence-corrected chi connectivity index (χ0v) is 22.9. The molecule has 2 aliphatic rings. The number of halogens is 2. The number of piperidine rings is 1. The third-order valence-electron chi connectivity index (χ3n) is 7.39. The predicted octanol–water partition coefficient (Wildman–Crippen LogP) is 7.33. The Morgan fingerprint density at radius 3 is 2.72 bits per heavy atom. The van der Waals surface area contributed by atoms with Crippen LogP contribution in [0.1, 0.15) is 58.8 Å². The molecule has 1 saturated heterocycles. The van der Waals surface area contributed by atoms with Gasteiger partial charge in [-0.2, -0.15) is 0 Å². The average molecular weight is 568 g/mol. The molecular formula is C29H27ClFN3O4S. The zero-order valence-electron chi connectivity index (χ0n) is 21.3. The lowest BCUT2D eigenvalue weighted by Gasteiger charge is -2.31. The number of anilines is 1. The van der Waals surface area contributed by atoms with Crippen LogP contribution in [0.4, 0.5) is 9.52 Å². The van der Waals surface area contributed by atoms with Crippen molar-refractivity contribution in [1.82, 2.24) is 10.1 Å². The summed E-state index contributed by atoms with van der Waals surface area (Å²) in [6.45, 7) is 4.04. The first-order valence-electron chi connectivity index (χ1n) is 13.0. The summed E-state index contributed by atoms with van der Waals surface area (Å²) in [4.78, 5) is 18.0. The number of aryl methyl sites for hydroxylation is 1. The van der Waals surface area contributed by atoms with E-state index in [0.29, 0.717) is 28.8 Å². The first kappa shape index (κ1) is 26.0. The lowest BCUT2D eigenvalue weighted by Crippen LogP contribution is -2.37. The van der Waals surface area contributed by atoms with Crippen LogP contribution in [0, 0.1) is 12.7 Å². The zero-order chi connectivity index (χ0) is 27.1. The van der Waals surface area contributed by atoms with E-state index in [1.165, 1.54) is 23.5 Å². The first-order chi connectivity index (χ1) is 18.9. The summed E-state index contributed by atoms with van der Waals surface area (Å²) in [6.07, 6.45) is 4.00. The number of rotatable bonds is 8. The molecule has 0 radical (unpaired) electrons. The van der Waals surface area contributed by atoms with Gasteiger partial charge in [0.2, 0.25) is 0 Å². The standard InChI is InChI=1S/C29H27ClFN3O4S/c1-16-3-2-4-22(30)25(16)26-21(27(38-33-26)17-5-6-17)14-37-19-9-11-34(12-10-19)29-32-24(15-39-29)18-7-8-20(28(35)36)23(31)13-18/h2-4,7-8,13,15,17,19H,5-6,9-12,14H2,1H3,(H,35,36). The van der Waals surface area contributed by atoms with Crippen molar-refractivity contribution < 1.29 is 23.6 Å². The van der Waals surface area contributed by atoms with E-state index in [-0.39, 0.29) is 11.7 Å². The van der Waals surface area contributed by atoms with Gasteiger partial charge in [0.1, 0.15) is 17.3 Å². The molecule has 202 valence electrons. The van der Waals surface area contributed by atoms with Gasteiger partial charge in [-0.25, -0.2) is 14.2 Å². The van der Waals surface area contributed by atoms with Gasteiger partial charge in [0.15, 0.2) is 5.13 Å². The van der Waals surface area contributed by atoms with Gasteiger partial charge in [0, 0.05) is 41.1 Å². The number of carboxylic acid groups (broad SMARTS) is 1. The third kappa shape index (κ3) is 5.31. The molecular weight excluding hydrogens is 541 g/mol. The molecule has 7 nitrogen and oxygen atoms in total. The summed E-state index contributed by atoms with van der Waals surface area (Å²) in [6, 6.07) is 9.93. The molecule has 0 bridgehead atoms. The first-order valence-corrected chi connectivity index (χ1v) is 14.2. The molecule has 6 rings (SSSR count). The number of nitrogens with zero attached hydrogens (tertiary/aromatic N) is 3. The second-order valence-corrected chi connectivity index (χ2v) is 11.3. The summed E-state index contributed by atoms with van der Waals surface area (Å²) >= 11 is 8.05. The summed E-state index contributed by atoms with van der Waals surface area (Å²) in [5.74, 6) is -0.726. The van der Waals surface area contributed by atoms with Crippen LogP contribution < -0.4 is 4.90 Å². The minimum atomic E-state index is -1.29. The Morgan fingerprint density at radius 1 is 1.23 bits per heavy atom. The smallest absolute Gasteiger partial charge is 0.338 e. The highest BCUT2D eigenvalue weighted by Gasteiger charge is 2.34. The van der Waals surface area contributed by atoms with E-state index in [0.717, 1.165) is 72.0 Å². The SMILES string of the molecule is Cc1cccc(Cl)c1-c1noc(C2CC2)c1COC1CCN(c2nc(-c3ccc(C(=O)O)c(F)c3)cs2)CC1. The van der Waals surface area contributed by atoms with E-state index in [4.69, 9.17) is 26.0 Å². The Kier molecular flexibility index (Phi) is 7.14. The molecule has 0 unspecified atom stereocenters. The summed E-state index contributed by atoms with van der Waals surface area (Å²) in [5.41, 5.74) is 4.58. The van der Waals surface area contributed by atoms with Crippen LogP contribution in [0.3, 0.4) is 0 Å². The molecule has 0 amide bonds.